The zero-order valence-electron chi connectivity index (χ0n) is 11.5. The van der Waals surface area contributed by atoms with Crippen molar-refractivity contribution < 1.29 is 14.2 Å². The van der Waals surface area contributed by atoms with Crippen LogP contribution in [0.1, 0.15) is 20.3 Å². The van der Waals surface area contributed by atoms with Gasteiger partial charge in [0.15, 0.2) is 11.5 Å². The average molecular weight is 330 g/mol. The van der Waals surface area contributed by atoms with Gasteiger partial charge in [-0.1, -0.05) is 0 Å². The number of benzene rings is 1. The van der Waals surface area contributed by atoms with Gasteiger partial charge in [-0.25, -0.2) is 0 Å². The zero-order valence-corrected chi connectivity index (χ0v) is 13.1. The first-order valence-corrected chi connectivity index (χ1v) is 7.28. The number of hydrogen-bond donors (Lipinski definition) is 1. The fourth-order valence-electron chi connectivity index (χ4n) is 1.99. The van der Waals surface area contributed by atoms with Gasteiger partial charge in [-0.2, -0.15) is 0 Å². The van der Waals surface area contributed by atoms with E-state index < -0.39 is 0 Å². The first-order valence-electron chi connectivity index (χ1n) is 6.48. The maximum atomic E-state index is 5.93. The largest absolute Gasteiger partial charge is 0.493 e. The van der Waals surface area contributed by atoms with Crippen LogP contribution < -0.4 is 14.8 Å². The number of halogens is 1. The minimum atomic E-state index is 0.115. The van der Waals surface area contributed by atoms with Gasteiger partial charge in [0.2, 0.25) is 0 Å². The van der Waals surface area contributed by atoms with E-state index in [9.17, 15) is 0 Å². The lowest BCUT2D eigenvalue weighted by atomic mass is 10.2. The van der Waals surface area contributed by atoms with Gasteiger partial charge >= 0.3 is 0 Å². The van der Waals surface area contributed by atoms with Crippen LogP contribution in [-0.4, -0.2) is 32.5 Å². The van der Waals surface area contributed by atoms with Gasteiger partial charge in [-0.3, -0.25) is 0 Å². The first kappa shape index (κ1) is 14.5. The summed E-state index contributed by atoms with van der Waals surface area (Å²) < 4.78 is 17.6. The van der Waals surface area contributed by atoms with E-state index in [0.29, 0.717) is 12.6 Å². The van der Waals surface area contributed by atoms with Gasteiger partial charge in [0.1, 0.15) is 6.10 Å². The van der Waals surface area contributed by atoms with Crippen molar-refractivity contribution in [3.8, 4) is 11.5 Å². The molecule has 1 N–H and O–H groups in total. The zero-order chi connectivity index (χ0) is 13.8. The monoisotopic (exact) mass is 329 g/mol. The van der Waals surface area contributed by atoms with Crippen LogP contribution in [-0.2, 0) is 4.74 Å². The van der Waals surface area contributed by atoms with Crippen molar-refractivity contribution >= 4 is 21.6 Å². The summed E-state index contributed by atoms with van der Waals surface area (Å²) in [5, 5.41) is 3.36. The molecule has 1 aromatic carbocycles. The van der Waals surface area contributed by atoms with E-state index in [1.54, 1.807) is 7.11 Å². The summed E-state index contributed by atoms with van der Waals surface area (Å²) >= 11 is 3.56. The van der Waals surface area contributed by atoms with Crippen molar-refractivity contribution in [3.63, 3.8) is 0 Å². The van der Waals surface area contributed by atoms with Crippen molar-refractivity contribution in [2.24, 2.45) is 0 Å². The van der Waals surface area contributed by atoms with Crippen LogP contribution in [0.5, 0.6) is 11.5 Å². The van der Waals surface area contributed by atoms with Crippen LogP contribution >= 0.6 is 15.9 Å². The molecule has 1 aromatic rings. The second-order valence-corrected chi connectivity index (χ2v) is 5.74. The molecule has 2 rings (SSSR count). The summed E-state index contributed by atoms with van der Waals surface area (Å²) in [6, 6.07) is 4.26. The Morgan fingerprint density at radius 1 is 1.37 bits per heavy atom. The Bertz CT molecular complexity index is 431. The molecule has 5 heteroatoms. The fourth-order valence-corrected chi connectivity index (χ4v) is 2.43. The lowest BCUT2D eigenvalue weighted by Crippen LogP contribution is -2.16. The van der Waals surface area contributed by atoms with E-state index in [1.807, 2.05) is 12.1 Å². The van der Waals surface area contributed by atoms with E-state index in [2.05, 4.69) is 35.1 Å². The molecule has 0 spiro atoms. The third-order valence-corrected chi connectivity index (χ3v) is 3.54. The molecule has 0 aliphatic carbocycles. The summed E-state index contributed by atoms with van der Waals surface area (Å²) in [6.45, 7) is 5.60. The molecule has 1 atom stereocenters. The molecule has 19 heavy (non-hydrogen) atoms. The average Bonchev–Trinajstić information content (AvgIpc) is 2.85. The maximum Gasteiger partial charge on any atom is 0.162 e. The summed E-state index contributed by atoms with van der Waals surface area (Å²) in [7, 11) is 1.65. The standard InChI is InChI=1S/C14H20BrNO3/c1-9(2)16-12-7-13(17-3)14(6-11(12)15)19-10-4-5-18-8-10/h6-7,9-10,16H,4-5,8H2,1-3H3. The molecule has 1 aliphatic rings. The number of anilines is 1. The second kappa shape index (κ2) is 6.48. The smallest absolute Gasteiger partial charge is 0.162 e. The van der Waals surface area contributed by atoms with Gasteiger partial charge in [0.05, 0.1) is 26.0 Å². The van der Waals surface area contributed by atoms with Gasteiger partial charge in [-0.05, 0) is 29.8 Å². The molecule has 0 bridgehead atoms. The highest BCUT2D eigenvalue weighted by Gasteiger charge is 2.20. The van der Waals surface area contributed by atoms with Crippen molar-refractivity contribution in [2.45, 2.75) is 32.4 Å². The van der Waals surface area contributed by atoms with Crippen LogP contribution in [0.4, 0.5) is 5.69 Å². The first-order chi connectivity index (χ1) is 9.10. The Morgan fingerprint density at radius 2 is 2.16 bits per heavy atom. The number of nitrogens with one attached hydrogen (secondary N) is 1. The Labute approximate surface area is 122 Å². The molecule has 1 fully saturated rings. The highest BCUT2D eigenvalue weighted by atomic mass is 79.9. The highest BCUT2D eigenvalue weighted by Crippen LogP contribution is 2.37. The molecule has 0 amide bonds. The van der Waals surface area contributed by atoms with E-state index >= 15 is 0 Å². The molecular weight excluding hydrogens is 310 g/mol. The quantitative estimate of drug-likeness (QED) is 0.898. The molecule has 1 unspecified atom stereocenters. The number of rotatable bonds is 5. The van der Waals surface area contributed by atoms with Crippen molar-refractivity contribution in [1.82, 2.24) is 0 Å². The van der Waals surface area contributed by atoms with Crippen LogP contribution in [0.3, 0.4) is 0 Å². The summed E-state index contributed by atoms with van der Waals surface area (Å²) in [4.78, 5) is 0. The SMILES string of the molecule is COc1cc(NC(C)C)c(Br)cc1OC1CCOC1. The van der Waals surface area contributed by atoms with Crippen molar-refractivity contribution in [3.05, 3.63) is 16.6 Å². The summed E-state index contributed by atoms with van der Waals surface area (Å²) in [5.41, 5.74) is 1.00. The van der Waals surface area contributed by atoms with E-state index in [1.165, 1.54) is 0 Å². The Balaban J connectivity index is 2.20. The lowest BCUT2D eigenvalue weighted by Gasteiger charge is -2.18. The maximum absolute atomic E-state index is 5.93. The minimum Gasteiger partial charge on any atom is -0.493 e. The predicted octanol–water partition coefficient (Wildman–Crippen LogP) is 3.45. The topological polar surface area (TPSA) is 39.7 Å². The summed E-state index contributed by atoms with van der Waals surface area (Å²) in [5.74, 6) is 1.48. The van der Waals surface area contributed by atoms with E-state index in [4.69, 9.17) is 14.2 Å². The lowest BCUT2D eigenvalue weighted by molar-refractivity contribution is 0.138. The second-order valence-electron chi connectivity index (χ2n) is 4.89. The minimum absolute atomic E-state index is 0.115. The fraction of sp³-hybridized carbons (Fsp3) is 0.571. The van der Waals surface area contributed by atoms with Crippen molar-refractivity contribution in [2.75, 3.05) is 25.6 Å². The van der Waals surface area contributed by atoms with Gasteiger partial charge in [0, 0.05) is 29.1 Å². The molecule has 0 radical (unpaired) electrons. The molecule has 4 nitrogen and oxygen atoms in total. The van der Waals surface area contributed by atoms with Crippen LogP contribution in [0.2, 0.25) is 0 Å². The molecule has 106 valence electrons. The number of hydrogen-bond acceptors (Lipinski definition) is 4. The molecule has 1 aliphatic heterocycles. The molecule has 0 aromatic heterocycles. The molecule has 1 saturated heterocycles. The third-order valence-electron chi connectivity index (χ3n) is 2.88. The Hall–Kier alpha value is -0.940. The molecule has 1 heterocycles. The van der Waals surface area contributed by atoms with Crippen molar-refractivity contribution in [1.29, 1.82) is 0 Å². The van der Waals surface area contributed by atoms with E-state index in [-0.39, 0.29) is 6.10 Å². The number of methoxy groups -OCH3 is 1. The molecule has 0 saturated carbocycles. The Kier molecular flexibility index (Phi) is 4.93. The van der Waals surface area contributed by atoms with Crippen LogP contribution in [0, 0.1) is 0 Å². The molecular formula is C14H20BrNO3. The predicted molar refractivity (Wildman–Crippen MR) is 79.3 cm³/mol. The van der Waals surface area contributed by atoms with Crippen LogP contribution in [0.25, 0.3) is 0 Å². The summed E-state index contributed by atoms with van der Waals surface area (Å²) in [6.07, 6.45) is 1.04. The van der Waals surface area contributed by atoms with E-state index in [0.717, 1.165) is 34.7 Å². The third kappa shape index (κ3) is 3.76. The number of ether oxygens (including phenoxy) is 3. The van der Waals surface area contributed by atoms with Gasteiger partial charge in [0.25, 0.3) is 0 Å². The van der Waals surface area contributed by atoms with Gasteiger partial charge < -0.3 is 19.5 Å². The highest BCUT2D eigenvalue weighted by molar-refractivity contribution is 9.10. The normalized spacial score (nSPS) is 18.7. The Morgan fingerprint density at radius 3 is 2.74 bits per heavy atom. The van der Waals surface area contributed by atoms with Crippen LogP contribution in [0.15, 0.2) is 16.6 Å². The van der Waals surface area contributed by atoms with Gasteiger partial charge in [-0.15, -0.1) is 0 Å².